The number of halogens is 2. The van der Waals surface area contributed by atoms with E-state index >= 15 is 0 Å². The van der Waals surface area contributed by atoms with Crippen LogP contribution < -0.4 is 4.72 Å². The van der Waals surface area contributed by atoms with Crippen molar-refractivity contribution in [1.29, 1.82) is 0 Å². The molecule has 3 heterocycles. The quantitative estimate of drug-likeness (QED) is 0.649. The monoisotopic (exact) mass is 407 g/mol. The van der Waals surface area contributed by atoms with E-state index in [4.69, 9.17) is 11.6 Å². The standard InChI is InChI=1S/C10H7BrClN5O2S2/c1-4-5(2-6(11)20-4)21(18,19)17-10-15-8(12)7-9(16-10)14-3-13-7/h2-3H,1H3,(H2,13,14,15,16,17). The summed E-state index contributed by atoms with van der Waals surface area (Å²) >= 11 is 10.5. The lowest BCUT2D eigenvalue weighted by molar-refractivity contribution is 0.600. The predicted molar refractivity (Wildman–Crippen MR) is 84.3 cm³/mol. The molecule has 0 bridgehead atoms. The van der Waals surface area contributed by atoms with Crippen molar-refractivity contribution in [2.24, 2.45) is 0 Å². The molecule has 0 saturated heterocycles. The SMILES string of the molecule is Cc1sc(Br)cc1S(=O)(=O)Nc1nc(Cl)c2[nH]cnc2n1. The summed E-state index contributed by atoms with van der Waals surface area (Å²) in [7, 11) is -3.78. The number of hydrogen-bond donors (Lipinski definition) is 2. The molecule has 0 aromatic carbocycles. The molecule has 7 nitrogen and oxygen atoms in total. The van der Waals surface area contributed by atoms with Crippen LogP contribution in [0.1, 0.15) is 4.88 Å². The molecule has 3 aromatic heterocycles. The molecule has 0 saturated carbocycles. The summed E-state index contributed by atoms with van der Waals surface area (Å²) in [5.41, 5.74) is 0.741. The number of rotatable bonds is 3. The van der Waals surface area contributed by atoms with Gasteiger partial charge in [0, 0.05) is 4.88 Å². The molecule has 0 aliphatic rings. The minimum atomic E-state index is -3.78. The van der Waals surface area contributed by atoms with Crippen molar-refractivity contribution in [2.45, 2.75) is 11.8 Å². The highest BCUT2D eigenvalue weighted by atomic mass is 79.9. The van der Waals surface area contributed by atoms with Crippen molar-refractivity contribution in [2.75, 3.05) is 4.72 Å². The summed E-state index contributed by atoms with van der Waals surface area (Å²) in [4.78, 5) is 15.4. The number of sulfonamides is 1. The third-order valence-corrected chi connectivity index (χ3v) is 6.01. The van der Waals surface area contributed by atoms with Crippen molar-refractivity contribution in [3.05, 3.63) is 26.2 Å². The Morgan fingerprint density at radius 2 is 2.19 bits per heavy atom. The van der Waals surface area contributed by atoms with Crippen LogP contribution in [0, 0.1) is 6.92 Å². The number of aromatic amines is 1. The molecule has 3 rings (SSSR count). The van der Waals surface area contributed by atoms with Crippen LogP contribution in [0.2, 0.25) is 5.15 Å². The maximum Gasteiger partial charge on any atom is 0.265 e. The topological polar surface area (TPSA) is 101 Å². The van der Waals surface area contributed by atoms with E-state index in [0.29, 0.717) is 10.4 Å². The Balaban J connectivity index is 2.03. The maximum absolute atomic E-state index is 12.3. The Kier molecular flexibility index (Phi) is 3.64. The van der Waals surface area contributed by atoms with E-state index in [2.05, 4.69) is 40.6 Å². The molecule has 0 aliphatic carbocycles. The van der Waals surface area contributed by atoms with Crippen molar-refractivity contribution in [3.63, 3.8) is 0 Å². The van der Waals surface area contributed by atoms with Crippen LogP contribution in [0.5, 0.6) is 0 Å². The van der Waals surface area contributed by atoms with Gasteiger partial charge in [-0.25, -0.2) is 18.1 Å². The molecule has 0 spiro atoms. The first-order chi connectivity index (χ1) is 9.87. The minimum absolute atomic E-state index is 0.0958. The average molecular weight is 409 g/mol. The van der Waals surface area contributed by atoms with Crippen LogP contribution in [-0.4, -0.2) is 28.4 Å². The number of hydrogen-bond acceptors (Lipinski definition) is 6. The molecular formula is C10H7BrClN5O2S2. The van der Waals surface area contributed by atoms with Gasteiger partial charge in [0.15, 0.2) is 10.8 Å². The molecule has 21 heavy (non-hydrogen) atoms. The van der Waals surface area contributed by atoms with Crippen LogP contribution in [0.3, 0.4) is 0 Å². The Bertz CT molecular complexity index is 936. The first kappa shape index (κ1) is 14.7. The molecule has 0 fully saturated rings. The van der Waals surface area contributed by atoms with Crippen LogP contribution in [-0.2, 0) is 10.0 Å². The Hall–Kier alpha value is -1.23. The normalized spacial score (nSPS) is 12.0. The number of aryl methyl sites for hydroxylation is 1. The van der Waals surface area contributed by atoms with Gasteiger partial charge in [0.1, 0.15) is 10.4 Å². The molecule has 3 aromatic rings. The molecule has 0 amide bonds. The summed E-state index contributed by atoms with van der Waals surface area (Å²) in [5, 5.41) is 0.0958. The molecule has 0 aliphatic heterocycles. The predicted octanol–water partition coefficient (Wildman–Crippen LogP) is 2.94. The lowest BCUT2D eigenvalue weighted by Gasteiger charge is -2.06. The van der Waals surface area contributed by atoms with Gasteiger partial charge in [-0.15, -0.1) is 11.3 Å². The van der Waals surface area contributed by atoms with E-state index in [-0.39, 0.29) is 21.6 Å². The first-order valence-electron chi connectivity index (χ1n) is 5.52. The van der Waals surface area contributed by atoms with E-state index in [1.54, 1.807) is 6.92 Å². The van der Waals surface area contributed by atoms with Gasteiger partial charge < -0.3 is 4.98 Å². The van der Waals surface area contributed by atoms with Gasteiger partial charge in [0.2, 0.25) is 5.95 Å². The van der Waals surface area contributed by atoms with Crippen LogP contribution >= 0.6 is 38.9 Å². The van der Waals surface area contributed by atoms with E-state index in [0.717, 1.165) is 3.79 Å². The number of fused-ring (bicyclic) bond motifs is 1. The van der Waals surface area contributed by atoms with Crippen LogP contribution in [0.15, 0.2) is 21.1 Å². The summed E-state index contributed by atoms with van der Waals surface area (Å²) in [5.74, 6) is -0.124. The zero-order chi connectivity index (χ0) is 15.2. The lowest BCUT2D eigenvalue weighted by atomic mass is 10.5. The lowest BCUT2D eigenvalue weighted by Crippen LogP contribution is -2.15. The van der Waals surface area contributed by atoms with E-state index in [1.165, 1.54) is 23.7 Å². The van der Waals surface area contributed by atoms with Crippen molar-refractivity contribution < 1.29 is 8.42 Å². The third kappa shape index (κ3) is 2.76. The second-order valence-electron chi connectivity index (χ2n) is 4.02. The summed E-state index contributed by atoms with van der Waals surface area (Å²) in [6, 6.07) is 1.52. The third-order valence-electron chi connectivity index (χ3n) is 2.60. The van der Waals surface area contributed by atoms with Crippen molar-refractivity contribution >= 4 is 66.0 Å². The molecule has 110 valence electrons. The summed E-state index contributed by atoms with van der Waals surface area (Å²) in [6.45, 7) is 1.72. The Labute approximate surface area is 137 Å². The number of anilines is 1. The van der Waals surface area contributed by atoms with Crippen LogP contribution in [0.4, 0.5) is 5.95 Å². The second kappa shape index (κ2) is 5.20. The molecule has 0 unspecified atom stereocenters. The number of nitrogens with one attached hydrogen (secondary N) is 2. The van der Waals surface area contributed by atoms with Gasteiger partial charge in [-0.3, -0.25) is 0 Å². The zero-order valence-electron chi connectivity index (χ0n) is 10.4. The van der Waals surface area contributed by atoms with E-state index in [1.807, 2.05) is 0 Å². The van der Waals surface area contributed by atoms with Gasteiger partial charge in [-0.1, -0.05) is 11.6 Å². The average Bonchev–Trinajstić information content (AvgIpc) is 2.95. The number of aromatic nitrogens is 4. The highest BCUT2D eigenvalue weighted by molar-refractivity contribution is 9.11. The van der Waals surface area contributed by atoms with E-state index in [9.17, 15) is 8.42 Å². The highest BCUT2D eigenvalue weighted by Crippen LogP contribution is 2.30. The molecular weight excluding hydrogens is 402 g/mol. The van der Waals surface area contributed by atoms with Crippen molar-refractivity contribution in [1.82, 2.24) is 19.9 Å². The number of nitrogens with zero attached hydrogens (tertiary/aromatic N) is 3. The fourth-order valence-corrected chi connectivity index (χ4v) is 5.29. The zero-order valence-corrected chi connectivity index (χ0v) is 14.4. The molecule has 11 heteroatoms. The van der Waals surface area contributed by atoms with Crippen LogP contribution in [0.25, 0.3) is 11.2 Å². The largest absolute Gasteiger partial charge is 0.341 e. The number of thiophene rings is 1. The fourth-order valence-electron chi connectivity index (χ4n) is 1.72. The summed E-state index contributed by atoms with van der Waals surface area (Å²) < 4.78 is 27.7. The molecule has 2 N–H and O–H groups in total. The fraction of sp³-hybridized carbons (Fsp3) is 0.100. The highest BCUT2D eigenvalue weighted by Gasteiger charge is 2.21. The minimum Gasteiger partial charge on any atom is -0.341 e. The Morgan fingerprint density at radius 1 is 1.43 bits per heavy atom. The van der Waals surface area contributed by atoms with Gasteiger partial charge in [0.25, 0.3) is 10.0 Å². The molecule has 0 radical (unpaired) electrons. The second-order valence-corrected chi connectivity index (χ2v) is 8.66. The number of H-pyrrole nitrogens is 1. The van der Waals surface area contributed by atoms with Crippen molar-refractivity contribution in [3.8, 4) is 0 Å². The van der Waals surface area contributed by atoms with Gasteiger partial charge in [-0.05, 0) is 28.9 Å². The van der Waals surface area contributed by atoms with Gasteiger partial charge >= 0.3 is 0 Å². The molecule has 0 atom stereocenters. The smallest absolute Gasteiger partial charge is 0.265 e. The Morgan fingerprint density at radius 3 is 2.86 bits per heavy atom. The maximum atomic E-state index is 12.3. The van der Waals surface area contributed by atoms with E-state index < -0.39 is 10.0 Å². The first-order valence-corrected chi connectivity index (χ1v) is 8.99. The van der Waals surface area contributed by atoms with Gasteiger partial charge in [0.05, 0.1) is 10.1 Å². The number of imidazole rings is 1. The van der Waals surface area contributed by atoms with Gasteiger partial charge in [-0.2, -0.15) is 9.97 Å². The summed E-state index contributed by atoms with van der Waals surface area (Å²) in [6.07, 6.45) is 1.41.